The van der Waals surface area contributed by atoms with Crippen molar-refractivity contribution in [2.24, 2.45) is 5.92 Å². The molecule has 0 amide bonds. The number of carbonyl (C=O) groups excluding carboxylic acids is 2. The number of nitrogens with one attached hydrogen (secondary N) is 1. The van der Waals surface area contributed by atoms with Crippen LogP contribution < -0.4 is 5.09 Å². The van der Waals surface area contributed by atoms with Gasteiger partial charge in [-0.3, -0.25) is 9.88 Å². The largest absolute Gasteiger partial charge is 0.300 e. The predicted octanol–water partition coefficient (Wildman–Crippen LogP) is 1.33. The molecule has 0 aromatic heterocycles. The molecule has 0 aliphatic heterocycles. The lowest BCUT2D eigenvalue weighted by molar-refractivity contribution is -0.122. The minimum absolute atomic E-state index is 0.0807. The van der Waals surface area contributed by atoms with Crippen molar-refractivity contribution in [3.63, 3.8) is 0 Å². The van der Waals surface area contributed by atoms with Crippen molar-refractivity contribution in [3.8, 4) is 0 Å². The molecule has 1 N–H and O–H groups in total. The van der Waals surface area contributed by atoms with Gasteiger partial charge in [0.05, 0.1) is 0 Å². The average Bonchev–Trinajstić information content (AvgIpc) is 1.98. The van der Waals surface area contributed by atoms with Crippen molar-refractivity contribution in [1.29, 1.82) is 0 Å². The molecule has 0 aliphatic carbocycles. The summed E-state index contributed by atoms with van der Waals surface area (Å²) >= 11 is 0. The molecule has 4 heteroatoms. The topological polar surface area (TPSA) is 46.2 Å². The zero-order valence-corrected chi connectivity index (χ0v) is 8.81. The van der Waals surface area contributed by atoms with Crippen LogP contribution in [0.15, 0.2) is 0 Å². The van der Waals surface area contributed by atoms with Crippen molar-refractivity contribution >= 4 is 20.0 Å². The first-order valence-electron chi connectivity index (χ1n) is 4.10. The summed E-state index contributed by atoms with van der Waals surface area (Å²) in [6.45, 7) is 6.07. The summed E-state index contributed by atoms with van der Waals surface area (Å²) in [5.41, 5.74) is 0.145. The van der Waals surface area contributed by atoms with Crippen LogP contribution in [-0.2, 0) is 9.59 Å². The average molecular weight is 189 g/mol. The number of carbonyl (C=O) groups is 2. The van der Waals surface area contributed by atoms with Gasteiger partial charge in [-0.05, 0) is 13.5 Å². The molecule has 12 heavy (non-hydrogen) atoms. The van der Waals surface area contributed by atoms with E-state index >= 15 is 0 Å². The Morgan fingerprint density at radius 3 is 2.50 bits per heavy atom. The van der Waals surface area contributed by atoms with E-state index in [1.807, 2.05) is 6.92 Å². The summed E-state index contributed by atoms with van der Waals surface area (Å²) < 4.78 is 0. The van der Waals surface area contributed by atoms with Crippen LogP contribution in [0, 0.1) is 5.92 Å². The molecule has 0 aliphatic rings. The predicted molar refractivity (Wildman–Crippen MR) is 51.5 cm³/mol. The van der Waals surface area contributed by atoms with Crippen molar-refractivity contribution in [2.45, 2.75) is 27.2 Å². The van der Waals surface area contributed by atoms with Crippen LogP contribution in [0.3, 0.4) is 0 Å². The summed E-state index contributed by atoms with van der Waals surface area (Å²) in [5, 5.41) is 2.97. The summed E-state index contributed by atoms with van der Waals surface area (Å²) in [6.07, 6.45) is 0.372. The van der Waals surface area contributed by atoms with Gasteiger partial charge in [-0.2, -0.15) is 0 Å². The molecule has 3 nitrogen and oxygen atoms in total. The maximum Gasteiger partial charge on any atom is 0.169 e. The quantitative estimate of drug-likeness (QED) is 0.641. The molecule has 0 spiro atoms. The van der Waals surface area contributed by atoms with Crippen molar-refractivity contribution < 1.29 is 9.59 Å². The lowest BCUT2D eigenvalue weighted by atomic mass is 10.1. The standard InChI is InChI=1S/C8H16NO2P/c1-4-9-12-8(11)6(2)5-7(3)10/h6,9,12H,4-5H2,1-3H3. The van der Waals surface area contributed by atoms with Gasteiger partial charge in [-0.15, -0.1) is 0 Å². The van der Waals surface area contributed by atoms with Gasteiger partial charge in [0.2, 0.25) is 0 Å². The zero-order valence-electron chi connectivity index (χ0n) is 7.81. The van der Waals surface area contributed by atoms with E-state index in [1.165, 1.54) is 6.92 Å². The zero-order chi connectivity index (χ0) is 9.56. The Labute approximate surface area is 75.1 Å². The minimum Gasteiger partial charge on any atom is -0.300 e. The van der Waals surface area contributed by atoms with Crippen LogP contribution in [0.1, 0.15) is 27.2 Å². The third kappa shape index (κ3) is 5.39. The number of ketones is 1. The normalized spacial score (nSPS) is 13.6. The molecule has 0 bridgehead atoms. The van der Waals surface area contributed by atoms with Crippen LogP contribution in [0.4, 0.5) is 0 Å². The van der Waals surface area contributed by atoms with Gasteiger partial charge in [-0.25, -0.2) is 0 Å². The molecule has 0 saturated heterocycles. The van der Waals surface area contributed by atoms with E-state index in [9.17, 15) is 9.59 Å². The van der Waals surface area contributed by atoms with E-state index in [0.29, 0.717) is 6.42 Å². The Hall–Kier alpha value is -0.270. The Balaban J connectivity index is 3.69. The van der Waals surface area contributed by atoms with E-state index < -0.39 is 0 Å². The van der Waals surface area contributed by atoms with Crippen LogP contribution in [0.5, 0.6) is 0 Å². The monoisotopic (exact) mass is 189 g/mol. The van der Waals surface area contributed by atoms with Crippen molar-refractivity contribution in [1.82, 2.24) is 5.09 Å². The van der Waals surface area contributed by atoms with Crippen LogP contribution in [-0.4, -0.2) is 17.9 Å². The maximum atomic E-state index is 11.2. The van der Waals surface area contributed by atoms with E-state index in [-0.39, 0.29) is 26.0 Å². The summed E-state index contributed by atoms with van der Waals surface area (Å²) in [6, 6.07) is 0. The van der Waals surface area contributed by atoms with Crippen molar-refractivity contribution in [2.75, 3.05) is 6.54 Å². The van der Waals surface area contributed by atoms with Gasteiger partial charge >= 0.3 is 0 Å². The second kappa shape index (κ2) is 6.27. The maximum absolute atomic E-state index is 11.2. The third-order valence-corrected chi connectivity index (χ3v) is 2.70. The Morgan fingerprint density at radius 1 is 1.50 bits per heavy atom. The van der Waals surface area contributed by atoms with Gasteiger partial charge in [0.15, 0.2) is 5.52 Å². The fourth-order valence-electron chi connectivity index (χ4n) is 0.823. The Bertz CT molecular complexity index is 170. The molecule has 0 rings (SSSR count). The fourth-order valence-corrected chi connectivity index (χ4v) is 1.52. The third-order valence-electron chi connectivity index (χ3n) is 1.43. The van der Waals surface area contributed by atoms with E-state index in [1.54, 1.807) is 6.92 Å². The lowest BCUT2D eigenvalue weighted by Crippen LogP contribution is -2.13. The Morgan fingerprint density at radius 2 is 2.08 bits per heavy atom. The highest BCUT2D eigenvalue weighted by atomic mass is 31.1. The summed E-state index contributed by atoms with van der Waals surface area (Å²) in [7, 11) is 0.145. The van der Waals surface area contributed by atoms with Crippen LogP contribution in [0.25, 0.3) is 0 Å². The highest BCUT2D eigenvalue weighted by molar-refractivity contribution is 7.56. The first-order chi connectivity index (χ1) is 5.57. The molecule has 0 radical (unpaired) electrons. The molecule has 2 unspecified atom stereocenters. The van der Waals surface area contributed by atoms with Crippen LogP contribution in [0.2, 0.25) is 0 Å². The second-order valence-corrected chi connectivity index (χ2v) is 3.92. The van der Waals surface area contributed by atoms with Crippen LogP contribution >= 0.6 is 8.73 Å². The molecule has 0 fully saturated rings. The Kier molecular flexibility index (Phi) is 6.13. The number of rotatable bonds is 6. The first kappa shape index (κ1) is 11.7. The molecule has 0 heterocycles. The molecular formula is C8H16NO2P. The second-order valence-electron chi connectivity index (χ2n) is 2.83. The van der Waals surface area contributed by atoms with Gasteiger partial charge < -0.3 is 4.79 Å². The van der Waals surface area contributed by atoms with Crippen molar-refractivity contribution in [3.05, 3.63) is 0 Å². The first-order valence-corrected chi connectivity index (χ1v) is 5.10. The van der Waals surface area contributed by atoms with E-state index in [2.05, 4.69) is 5.09 Å². The highest BCUT2D eigenvalue weighted by Crippen LogP contribution is 2.16. The van der Waals surface area contributed by atoms with Gasteiger partial charge in [0, 0.05) is 21.1 Å². The highest BCUT2D eigenvalue weighted by Gasteiger charge is 2.13. The molecule has 0 saturated carbocycles. The number of hydrogen-bond donors (Lipinski definition) is 1. The summed E-state index contributed by atoms with van der Waals surface area (Å²) in [5.74, 6) is -0.0444. The van der Waals surface area contributed by atoms with Gasteiger partial charge in [-0.1, -0.05) is 13.8 Å². The molecule has 2 atom stereocenters. The summed E-state index contributed by atoms with van der Waals surface area (Å²) in [4.78, 5) is 21.9. The smallest absolute Gasteiger partial charge is 0.169 e. The SMILES string of the molecule is CCNPC(=O)C(C)CC(C)=O. The fraction of sp³-hybridized carbons (Fsp3) is 0.750. The molecular weight excluding hydrogens is 173 g/mol. The number of Topliss-reactive ketones (excluding diaryl/α,β-unsaturated/α-hetero) is 1. The van der Waals surface area contributed by atoms with E-state index in [0.717, 1.165) is 6.54 Å². The molecule has 70 valence electrons. The number of hydrogen-bond acceptors (Lipinski definition) is 3. The molecule has 0 aromatic rings. The minimum atomic E-state index is -0.125. The van der Waals surface area contributed by atoms with Gasteiger partial charge in [0.1, 0.15) is 5.78 Å². The van der Waals surface area contributed by atoms with Gasteiger partial charge in [0.25, 0.3) is 0 Å². The molecule has 0 aromatic carbocycles. The van der Waals surface area contributed by atoms with E-state index in [4.69, 9.17) is 0 Å². The lowest BCUT2D eigenvalue weighted by Gasteiger charge is -2.07.